The highest BCUT2D eigenvalue weighted by molar-refractivity contribution is 5.03. The van der Waals surface area contributed by atoms with Crippen molar-refractivity contribution in [3.05, 3.63) is 11.7 Å². The van der Waals surface area contributed by atoms with Gasteiger partial charge in [-0.1, -0.05) is 5.16 Å². The second-order valence-corrected chi connectivity index (χ2v) is 4.98. The van der Waals surface area contributed by atoms with Crippen LogP contribution in [0.2, 0.25) is 0 Å². The quantitative estimate of drug-likeness (QED) is 0.785. The van der Waals surface area contributed by atoms with Crippen LogP contribution in [0.25, 0.3) is 0 Å². The Kier molecular flexibility index (Phi) is 2.44. The fourth-order valence-electron chi connectivity index (χ4n) is 2.18. The molecular formula is C11H17N3O2. The zero-order chi connectivity index (χ0) is 11.0. The molecule has 1 saturated carbocycles. The summed E-state index contributed by atoms with van der Waals surface area (Å²) in [5, 5.41) is 17.4. The summed E-state index contributed by atoms with van der Waals surface area (Å²) in [6.45, 7) is 1.46. The van der Waals surface area contributed by atoms with Crippen molar-refractivity contribution in [2.45, 2.75) is 37.7 Å². The van der Waals surface area contributed by atoms with E-state index in [1.165, 1.54) is 12.8 Å². The van der Waals surface area contributed by atoms with Gasteiger partial charge in [-0.2, -0.15) is 4.98 Å². The fraction of sp³-hybridized carbons (Fsp3) is 0.818. The lowest BCUT2D eigenvalue weighted by molar-refractivity contribution is -0.0167. The Morgan fingerprint density at radius 3 is 3.06 bits per heavy atom. The molecule has 2 N–H and O–H groups in total. The molecule has 0 radical (unpaired) electrons. The maximum atomic E-state index is 10.3. The van der Waals surface area contributed by atoms with Crippen LogP contribution in [0.4, 0.5) is 0 Å². The van der Waals surface area contributed by atoms with Gasteiger partial charge in [-0.3, -0.25) is 0 Å². The topological polar surface area (TPSA) is 71.2 Å². The minimum absolute atomic E-state index is 0.385. The number of rotatable bonds is 3. The minimum atomic E-state index is -0.951. The zero-order valence-electron chi connectivity index (χ0n) is 9.28. The van der Waals surface area contributed by atoms with E-state index in [1.54, 1.807) is 0 Å². The fourth-order valence-corrected chi connectivity index (χ4v) is 2.18. The first-order chi connectivity index (χ1) is 7.76. The summed E-state index contributed by atoms with van der Waals surface area (Å²) in [6.07, 6.45) is 5.08. The van der Waals surface area contributed by atoms with E-state index in [9.17, 15) is 5.11 Å². The number of aliphatic hydroxyl groups is 1. The van der Waals surface area contributed by atoms with Crippen molar-refractivity contribution in [2.75, 3.05) is 13.1 Å². The lowest BCUT2D eigenvalue weighted by Gasteiger charge is -2.28. The molecule has 5 heteroatoms. The van der Waals surface area contributed by atoms with Crippen LogP contribution in [-0.4, -0.2) is 28.3 Å². The van der Waals surface area contributed by atoms with Gasteiger partial charge in [-0.05, 0) is 38.1 Å². The van der Waals surface area contributed by atoms with Gasteiger partial charge < -0.3 is 14.9 Å². The summed E-state index contributed by atoms with van der Waals surface area (Å²) in [4.78, 5) is 4.32. The molecule has 1 saturated heterocycles. The van der Waals surface area contributed by atoms with Gasteiger partial charge in [-0.15, -0.1) is 0 Å². The number of hydrogen-bond donors (Lipinski definition) is 2. The van der Waals surface area contributed by atoms with Crippen LogP contribution in [0, 0.1) is 5.92 Å². The maximum Gasteiger partial charge on any atom is 0.259 e. The predicted octanol–water partition coefficient (Wildman–Crippen LogP) is 0.593. The molecule has 0 aromatic carbocycles. The number of nitrogens with zero attached hydrogens (tertiary/aromatic N) is 2. The van der Waals surface area contributed by atoms with Crippen LogP contribution in [-0.2, 0) is 12.0 Å². The molecule has 1 aromatic rings. The highest BCUT2D eigenvalue weighted by Crippen LogP contribution is 2.33. The van der Waals surface area contributed by atoms with Crippen molar-refractivity contribution in [3.8, 4) is 0 Å². The summed E-state index contributed by atoms with van der Waals surface area (Å²) in [6, 6.07) is 0. The molecule has 2 heterocycles. The Morgan fingerprint density at radius 2 is 2.38 bits per heavy atom. The largest absolute Gasteiger partial charge is 0.379 e. The van der Waals surface area contributed by atoms with Gasteiger partial charge >= 0.3 is 0 Å². The molecule has 5 nitrogen and oxygen atoms in total. The van der Waals surface area contributed by atoms with Crippen molar-refractivity contribution >= 4 is 0 Å². The Bertz CT molecular complexity index is 367. The van der Waals surface area contributed by atoms with Gasteiger partial charge in [0, 0.05) is 13.0 Å². The highest BCUT2D eigenvalue weighted by atomic mass is 16.5. The number of nitrogens with one attached hydrogen (secondary N) is 1. The maximum absolute atomic E-state index is 10.3. The van der Waals surface area contributed by atoms with Crippen LogP contribution in [0.5, 0.6) is 0 Å². The summed E-state index contributed by atoms with van der Waals surface area (Å²) >= 11 is 0. The van der Waals surface area contributed by atoms with Crippen LogP contribution < -0.4 is 5.32 Å². The molecule has 1 atom stereocenters. The first kappa shape index (κ1) is 10.2. The molecule has 16 heavy (non-hydrogen) atoms. The van der Waals surface area contributed by atoms with E-state index < -0.39 is 5.60 Å². The molecule has 0 spiro atoms. The molecule has 1 aliphatic carbocycles. The number of β-amino-alcohol motifs (C(OH)–C–C–N with tert-alkyl or cyclic N) is 1. The van der Waals surface area contributed by atoms with Gasteiger partial charge in [0.2, 0.25) is 0 Å². The number of piperidine rings is 1. The van der Waals surface area contributed by atoms with Crippen molar-refractivity contribution in [1.29, 1.82) is 0 Å². The van der Waals surface area contributed by atoms with E-state index in [0.29, 0.717) is 18.9 Å². The predicted molar refractivity (Wildman–Crippen MR) is 56.7 cm³/mol. The molecule has 2 fully saturated rings. The number of aromatic nitrogens is 2. The van der Waals surface area contributed by atoms with Crippen molar-refractivity contribution in [1.82, 2.24) is 15.5 Å². The molecule has 0 bridgehead atoms. The van der Waals surface area contributed by atoms with Gasteiger partial charge in [0.05, 0.1) is 0 Å². The first-order valence-electron chi connectivity index (χ1n) is 6.02. The minimum Gasteiger partial charge on any atom is -0.379 e. The average molecular weight is 223 g/mol. The summed E-state index contributed by atoms with van der Waals surface area (Å²) in [7, 11) is 0. The molecule has 1 aromatic heterocycles. The summed E-state index contributed by atoms with van der Waals surface area (Å²) in [5.41, 5.74) is -0.951. The van der Waals surface area contributed by atoms with Crippen molar-refractivity contribution < 1.29 is 9.63 Å². The van der Waals surface area contributed by atoms with Crippen molar-refractivity contribution in [3.63, 3.8) is 0 Å². The van der Waals surface area contributed by atoms with Crippen LogP contribution in [0.3, 0.4) is 0 Å². The standard InChI is InChI=1S/C11H17N3O2/c15-11(4-1-5-12-7-11)10-13-9(14-16-10)6-8-2-3-8/h8,12,15H,1-7H2. The van der Waals surface area contributed by atoms with Crippen LogP contribution in [0.15, 0.2) is 4.52 Å². The lowest BCUT2D eigenvalue weighted by Crippen LogP contribution is -2.43. The SMILES string of the molecule is OC1(c2nc(CC3CC3)no2)CCCNC1. The molecule has 0 amide bonds. The van der Waals surface area contributed by atoms with Gasteiger partial charge in [0.25, 0.3) is 5.89 Å². The van der Waals surface area contributed by atoms with E-state index in [4.69, 9.17) is 4.52 Å². The first-order valence-corrected chi connectivity index (χ1v) is 6.02. The number of hydrogen-bond acceptors (Lipinski definition) is 5. The Labute approximate surface area is 94.2 Å². The Morgan fingerprint density at radius 1 is 1.50 bits per heavy atom. The molecule has 2 aliphatic rings. The van der Waals surface area contributed by atoms with Crippen LogP contribution in [0.1, 0.15) is 37.4 Å². The van der Waals surface area contributed by atoms with E-state index in [0.717, 1.165) is 31.1 Å². The second-order valence-electron chi connectivity index (χ2n) is 4.98. The third kappa shape index (κ3) is 1.97. The van der Waals surface area contributed by atoms with E-state index in [1.807, 2.05) is 0 Å². The normalized spacial score (nSPS) is 30.6. The van der Waals surface area contributed by atoms with Crippen LogP contribution >= 0.6 is 0 Å². The molecule has 1 aliphatic heterocycles. The van der Waals surface area contributed by atoms with Gasteiger partial charge in [0.15, 0.2) is 11.4 Å². The van der Waals surface area contributed by atoms with E-state index in [2.05, 4.69) is 15.5 Å². The van der Waals surface area contributed by atoms with Crippen molar-refractivity contribution in [2.24, 2.45) is 5.92 Å². The molecule has 1 unspecified atom stereocenters. The van der Waals surface area contributed by atoms with E-state index in [-0.39, 0.29) is 0 Å². The lowest BCUT2D eigenvalue weighted by atomic mass is 9.94. The molecule has 3 rings (SSSR count). The third-order valence-electron chi connectivity index (χ3n) is 3.40. The summed E-state index contributed by atoms with van der Waals surface area (Å²) < 4.78 is 5.18. The third-order valence-corrected chi connectivity index (χ3v) is 3.40. The average Bonchev–Trinajstić information content (AvgIpc) is 2.95. The van der Waals surface area contributed by atoms with Gasteiger partial charge in [-0.25, -0.2) is 0 Å². The monoisotopic (exact) mass is 223 g/mol. The summed E-state index contributed by atoms with van der Waals surface area (Å²) in [5.74, 6) is 1.87. The molecule has 88 valence electrons. The zero-order valence-corrected chi connectivity index (χ0v) is 9.28. The Balaban J connectivity index is 1.74. The highest BCUT2D eigenvalue weighted by Gasteiger charge is 2.37. The van der Waals surface area contributed by atoms with E-state index >= 15 is 0 Å². The Hall–Kier alpha value is -0.940. The molecular weight excluding hydrogens is 206 g/mol. The smallest absolute Gasteiger partial charge is 0.259 e. The second kappa shape index (κ2) is 3.82. The van der Waals surface area contributed by atoms with Gasteiger partial charge in [0.1, 0.15) is 0 Å².